The van der Waals surface area contributed by atoms with E-state index in [1.807, 2.05) is 0 Å². The maximum Gasteiger partial charge on any atom is 0.573 e. The predicted octanol–water partition coefficient (Wildman–Crippen LogP) is 3.25. The highest BCUT2D eigenvalue weighted by Gasteiger charge is 2.36. The molecule has 176 valence electrons. The highest BCUT2D eigenvalue weighted by atomic mass is 32.2. The average molecular weight is 496 g/mol. The van der Waals surface area contributed by atoms with Crippen LogP contribution in [0.25, 0.3) is 16.6 Å². The number of amides is 1. The molecule has 0 bridgehead atoms. The molecular weight excluding hydrogens is 486 g/mol. The fraction of sp³-hybridized carbons (Fsp3) is 0.111. The normalized spacial score (nSPS) is 12.7. The second-order valence-electron chi connectivity index (χ2n) is 6.48. The molecule has 2 aromatic carbocycles. The summed E-state index contributed by atoms with van der Waals surface area (Å²) in [5, 5.41) is -0.922. The third kappa shape index (κ3) is 4.93. The van der Waals surface area contributed by atoms with Gasteiger partial charge in [0, 0.05) is 17.0 Å². The van der Waals surface area contributed by atoms with Crippen LogP contribution in [0.15, 0.2) is 52.2 Å². The number of fused-ring (bicyclic) bond motifs is 1. The number of primary amides is 1. The molecule has 0 aliphatic heterocycles. The lowest BCUT2D eigenvalue weighted by atomic mass is 10.1. The first-order chi connectivity index (χ1) is 15.0. The number of nitrogens with two attached hydrogens (primary N) is 1. The molecule has 3 aromatic rings. The highest BCUT2D eigenvalue weighted by Crippen LogP contribution is 2.37. The van der Waals surface area contributed by atoms with E-state index in [1.165, 1.54) is 0 Å². The molecule has 8 nitrogen and oxygen atoms in total. The highest BCUT2D eigenvalue weighted by molar-refractivity contribution is 7.85. The molecule has 1 aromatic heterocycles. The van der Waals surface area contributed by atoms with Gasteiger partial charge >= 0.3 is 12.5 Å². The number of carbonyl (C=O) groups excluding carboxylic acids is 1. The molecule has 0 radical (unpaired) electrons. The van der Waals surface area contributed by atoms with Gasteiger partial charge in [-0.1, -0.05) is 0 Å². The summed E-state index contributed by atoms with van der Waals surface area (Å²) >= 11 is 0. The molecule has 1 amide bonds. The Kier molecular flexibility index (Phi) is 5.67. The van der Waals surface area contributed by atoms with Gasteiger partial charge in [-0.2, -0.15) is 21.6 Å². The number of carbonyl (C=O) groups is 1. The summed E-state index contributed by atoms with van der Waals surface area (Å²) in [4.78, 5) is 23.0. The second kappa shape index (κ2) is 7.77. The lowest BCUT2D eigenvalue weighted by Crippen LogP contribution is -2.25. The van der Waals surface area contributed by atoms with Crippen LogP contribution >= 0.6 is 0 Å². The minimum absolute atomic E-state index is 0.0372. The van der Waals surface area contributed by atoms with Gasteiger partial charge in [-0.05, 0) is 36.4 Å². The van der Waals surface area contributed by atoms with E-state index in [1.54, 1.807) is 0 Å². The van der Waals surface area contributed by atoms with E-state index in [0.29, 0.717) is 28.8 Å². The lowest BCUT2D eigenvalue weighted by molar-refractivity contribution is -0.274. The summed E-state index contributed by atoms with van der Waals surface area (Å²) in [5.74, 6) is -2.29. The lowest BCUT2D eigenvalue weighted by Gasteiger charge is -2.19. The van der Waals surface area contributed by atoms with Crippen molar-refractivity contribution < 1.29 is 48.8 Å². The van der Waals surface area contributed by atoms with E-state index in [9.17, 15) is 48.9 Å². The molecule has 33 heavy (non-hydrogen) atoms. The second-order valence-corrected chi connectivity index (χ2v) is 7.90. The van der Waals surface area contributed by atoms with Crippen LogP contribution in [-0.2, 0) is 16.3 Å². The van der Waals surface area contributed by atoms with Gasteiger partial charge in [0.25, 0.3) is 15.7 Å². The van der Waals surface area contributed by atoms with E-state index in [-0.39, 0.29) is 6.07 Å². The van der Waals surface area contributed by atoms with Crippen molar-refractivity contribution in [3.8, 4) is 11.4 Å². The van der Waals surface area contributed by atoms with E-state index in [4.69, 9.17) is 5.73 Å². The molecule has 0 unspecified atom stereocenters. The number of nitrogens with zero attached hydrogens (tertiary/aromatic N) is 1. The third-order valence-electron chi connectivity index (χ3n) is 4.30. The Hall–Kier alpha value is -3.59. The molecule has 15 heteroatoms. The van der Waals surface area contributed by atoms with Crippen LogP contribution in [0.2, 0.25) is 0 Å². The number of hydrogen-bond acceptors (Lipinski definition) is 5. The molecular formula is C18H10F6N2O6S. The average Bonchev–Trinajstić information content (AvgIpc) is 2.64. The number of rotatable bonds is 4. The van der Waals surface area contributed by atoms with Gasteiger partial charge in [0.1, 0.15) is 0 Å². The zero-order valence-corrected chi connectivity index (χ0v) is 16.5. The van der Waals surface area contributed by atoms with Crippen molar-refractivity contribution in [1.82, 2.24) is 4.57 Å². The number of pyridine rings is 1. The molecule has 3 rings (SSSR count). The van der Waals surface area contributed by atoms with Gasteiger partial charge in [0.05, 0.1) is 21.7 Å². The van der Waals surface area contributed by atoms with Gasteiger partial charge in [0.2, 0.25) is 5.91 Å². The molecule has 0 aliphatic carbocycles. The Morgan fingerprint density at radius 2 is 1.64 bits per heavy atom. The van der Waals surface area contributed by atoms with Gasteiger partial charge in [0.15, 0.2) is 5.75 Å². The topological polar surface area (TPSA) is 129 Å². The van der Waals surface area contributed by atoms with Crippen molar-refractivity contribution in [2.75, 3.05) is 0 Å². The van der Waals surface area contributed by atoms with Crippen molar-refractivity contribution in [3.05, 3.63) is 63.9 Å². The Labute approximate surface area is 179 Å². The molecule has 0 atom stereocenters. The molecule has 3 N–H and O–H groups in total. The number of halogens is 6. The molecule has 0 fully saturated rings. The van der Waals surface area contributed by atoms with Crippen LogP contribution in [0.3, 0.4) is 0 Å². The Morgan fingerprint density at radius 1 is 1.00 bits per heavy atom. The van der Waals surface area contributed by atoms with E-state index < -0.39 is 72.5 Å². The van der Waals surface area contributed by atoms with Crippen LogP contribution < -0.4 is 16.0 Å². The van der Waals surface area contributed by atoms with E-state index in [2.05, 4.69) is 4.74 Å². The van der Waals surface area contributed by atoms with E-state index in [0.717, 1.165) is 12.1 Å². The monoisotopic (exact) mass is 496 g/mol. The van der Waals surface area contributed by atoms with Crippen molar-refractivity contribution in [2.24, 2.45) is 5.73 Å². The zero-order valence-electron chi connectivity index (χ0n) is 15.7. The largest absolute Gasteiger partial charge is 0.573 e. The van der Waals surface area contributed by atoms with Crippen LogP contribution in [0, 0.1) is 0 Å². The Balaban J connectivity index is 2.47. The summed E-state index contributed by atoms with van der Waals surface area (Å²) in [7, 11) is -4.97. The van der Waals surface area contributed by atoms with Gasteiger partial charge in [-0.3, -0.25) is 18.7 Å². The minimum Gasteiger partial charge on any atom is -0.404 e. The first-order valence-electron chi connectivity index (χ1n) is 8.43. The molecule has 0 spiro atoms. The molecule has 0 aliphatic rings. The maximum atomic E-state index is 13.5. The van der Waals surface area contributed by atoms with Crippen molar-refractivity contribution in [3.63, 3.8) is 0 Å². The van der Waals surface area contributed by atoms with Crippen LogP contribution in [0.4, 0.5) is 26.3 Å². The quantitative estimate of drug-likeness (QED) is 0.422. The minimum atomic E-state index is -5.32. The fourth-order valence-corrected chi connectivity index (χ4v) is 3.52. The molecule has 1 heterocycles. The van der Waals surface area contributed by atoms with Crippen molar-refractivity contribution in [1.29, 1.82) is 0 Å². The van der Waals surface area contributed by atoms with E-state index >= 15 is 0 Å². The number of ether oxygens (including phenoxy) is 1. The summed E-state index contributed by atoms with van der Waals surface area (Å²) in [5.41, 5.74) is 0.130. The Morgan fingerprint density at radius 3 is 2.15 bits per heavy atom. The van der Waals surface area contributed by atoms with Crippen LogP contribution in [-0.4, -0.2) is 29.8 Å². The predicted molar refractivity (Wildman–Crippen MR) is 99.6 cm³/mol. The molecule has 0 saturated carbocycles. The van der Waals surface area contributed by atoms with Gasteiger partial charge in [-0.25, -0.2) is 0 Å². The van der Waals surface area contributed by atoms with Crippen molar-refractivity contribution >= 4 is 26.9 Å². The fourth-order valence-electron chi connectivity index (χ4n) is 3.01. The number of hydrogen-bond donors (Lipinski definition) is 2. The smallest absolute Gasteiger partial charge is 0.404 e. The van der Waals surface area contributed by atoms with Gasteiger partial charge in [-0.15, -0.1) is 13.2 Å². The van der Waals surface area contributed by atoms with Crippen LogP contribution in [0.5, 0.6) is 5.75 Å². The first-order valence-corrected chi connectivity index (χ1v) is 9.87. The van der Waals surface area contributed by atoms with Crippen molar-refractivity contribution in [2.45, 2.75) is 17.4 Å². The zero-order chi connectivity index (χ0) is 24.9. The molecule has 0 saturated heterocycles. The van der Waals surface area contributed by atoms with Gasteiger partial charge < -0.3 is 10.5 Å². The number of aromatic nitrogens is 1. The third-order valence-corrected chi connectivity index (χ3v) is 5.15. The number of benzene rings is 2. The number of alkyl halides is 6. The maximum absolute atomic E-state index is 13.5. The summed E-state index contributed by atoms with van der Waals surface area (Å²) in [6, 6.07) is 4.01. The SMILES string of the molecule is NC(=O)c1ccc(-n2c(=O)cc(C(F)(F)F)c3cc(S(=O)(=O)O)ccc32)c(OC(F)(F)F)c1. The summed E-state index contributed by atoms with van der Waals surface area (Å²) in [6.07, 6.45) is -10.5. The summed E-state index contributed by atoms with van der Waals surface area (Å²) < 4.78 is 115. The first kappa shape index (κ1) is 24.1. The summed E-state index contributed by atoms with van der Waals surface area (Å²) in [6.45, 7) is 0. The Bertz CT molecular complexity index is 1440. The standard InChI is InChI=1S/C18H10F6N2O6S/c19-17(20,21)11-7-15(27)26(12-4-2-9(6-10(11)12)33(29,30)31)13-3-1-8(16(25)28)5-14(13)32-18(22,23)24/h1-7H,(H2,25,28)(H,29,30,31). The van der Waals surface area contributed by atoms with Crippen LogP contribution in [0.1, 0.15) is 15.9 Å².